The fourth-order valence-electron chi connectivity index (χ4n) is 0.500. The van der Waals surface area contributed by atoms with E-state index in [1.54, 1.807) is 20.8 Å². The molecule has 0 aromatic heterocycles. The van der Waals surface area contributed by atoms with Crippen LogP contribution in [0.25, 0.3) is 0 Å². The van der Waals surface area contributed by atoms with Crippen molar-refractivity contribution in [3.05, 3.63) is 0 Å². The lowest BCUT2D eigenvalue weighted by Crippen LogP contribution is -1.85. The minimum atomic E-state index is -0.167. The second-order valence-corrected chi connectivity index (χ2v) is 3.12. The van der Waals surface area contributed by atoms with Crippen LogP contribution in [0.3, 0.4) is 0 Å². The zero-order valence-electron chi connectivity index (χ0n) is 10.0. The van der Waals surface area contributed by atoms with Gasteiger partial charge in [-0.15, -0.1) is 0 Å². The van der Waals surface area contributed by atoms with Gasteiger partial charge in [0.05, 0.1) is 0 Å². The lowest BCUT2D eigenvalue weighted by molar-refractivity contribution is 0.216. The maximum Gasteiger partial charge on any atom is 0.0483 e. The molecule has 0 atom stereocenters. The summed E-state index contributed by atoms with van der Waals surface area (Å²) in [5.41, 5.74) is 0. The van der Waals surface area contributed by atoms with E-state index in [9.17, 15) is 0 Å². The van der Waals surface area contributed by atoms with Crippen LogP contribution >= 0.6 is 0 Å². The average molecular weight is 192 g/mol. The zero-order chi connectivity index (χ0) is 11.1. The third kappa shape index (κ3) is 138. The van der Waals surface area contributed by atoms with E-state index >= 15 is 0 Å². The predicted octanol–water partition coefficient (Wildman–Crippen LogP) is 2.97. The van der Waals surface area contributed by atoms with E-state index in [1.807, 2.05) is 0 Å². The van der Waals surface area contributed by atoms with E-state index in [1.165, 1.54) is 25.7 Å². The summed E-state index contributed by atoms with van der Waals surface area (Å²) in [4.78, 5) is 0. The molecule has 0 fully saturated rings. The summed E-state index contributed by atoms with van der Waals surface area (Å²) in [5, 5.41) is 15.6. The summed E-state index contributed by atoms with van der Waals surface area (Å²) in [6, 6.07) is 0. The Morgan fingerprint density at radius 1 is 0.923 bits per heavy atom. The molecule has 0 aromatic rings. The first-order valence-corrected chi connectivity index (χ1v) is 5.35. The fourth-order valence-corrected chi connectivity index (χ4v) is 0.500. The van der Waals surface area contributed by atoms with Crippen LogP contribution in [0.1, 0.15) is 60.3 Å². The van der Waals surface area contributed by atoms with E-state index in [0.717, 1.165) is 0 Å². The van der Waals surface area contributed by atoms with Crippen molar-refractivity contribution in [3.63, 3.8) is 0 Å². The summed E-state index contributed by atoms with van der Waals surface area (Å²) < 4.78 is 0. The third-order valence-electron chi connectivity index (χ3n) is 0.957. The van der Waals surface area contributed by atoms with Gasteiger partial charge in [-0.25, -0.2) is 0 Å². The minimum absolute atomic E-state index is 0.167. The Morgan fingerprint density at radius 3 is 1.15 bits per heavy atom. The van der Waals surface area contributed by atoms with Crippen molar-refractivity contribution >= 4 is 0 Å². The molecule has 84 valence electrons. The second-order valence-electron chi connectivity index (χ2n) is 3.12. The Balaban J connectivity index is -0.000000125. The summed E-state index contributed by atoms with van der Waals surface area (Å²) in [7, 11) is 0. The van der Waals surface area contributed by atoms with Crippen molar-refractivity contribution in [2.45, 2.75) is 66.4 Å². The van der Waals surface area contributed by atoms with Crippen molar-refractivity contribution in [3.8, 4) is 0 Å². The molecule has 2 heteroatoms. The number of rotatable bonds is 3. The van der Waals surface area contributed by atoms with Gasteiger partial charge in [-0.3, -0.25) is 0 Å². The number of hydrogen-bond donors (Lipinski definition) is 2. The molecular formula is C11H28O2. The molecule has 0 rings (SSSR count). The topological polar surface area (TPSA) is 40.5 Å². The highest BCUT2D eigenvalue weighted by atomic mass is 16.3. The molecule has 0 heterocycles. The monoisotopic (exact) mass is 192 g/mol. The van der Waals surface area contributed by atoms with Crippen LogP contribution in [0.2, 0.25) is 0 Å². The first-order valence-electron chi connectivity index (χ1n) is 5.35. The average Bonchev–Trinajstić information content (AvgIpc) is 2.01. The molecule has 0 aromatic carbocycles. The molecule has 13 heavy (non-hydrogen) atoms. The molecule has 0 saturated carbocycles. The summed E-state index contributed by atoms with van der Waals surface area (Å²) in [6.45, 7) is 9.84. The standard InChI is InChI=1S/C6H14.C3H8O.C2H6O/c1-3-5-6-4-2;1-3(2)4;1-2-3/h3-6H2,1-2H3;3-4H,1-2H3;3H,2H2,1H3. The number of aliphatic hydroxyl groups excluding tert-OH is 2. The molecule has 2 nitrogen and oxygen atoms in total. The van der Waals surface area contributed by atoms with E-state index in [2.05, 4.69) is 13.8 Å². The predicted molar refractivity (Wildman–Crippen MR) is 59.9 cm³/mol. The van der Waals surface area contributed by atoms with E-state index in [-0.39, 0.29) is 12.7 Å². The highest BCUT2D eigenvalue weighted by Gasteiger charge is 1.75. The SMILES string of the molecule is CC(C)O.CCCCCC.CCO. The van der Waals surface area contributed by atoms with E-state index in [0.29, 0.717) is 0 Å². The summed E-state index contributed by atoms with van der Waals surface area (Å²) >= 11 is 0. The molecule has 0 bridgehead atoms. The van der Waals surface area contributed by atoms with Crippen LogP contribution in [-0.4, -0.2) is 22.9 Å². The smallest absolute Gasteiger partial charge is 0.0483 e. The van der Waals surface area contributed by atoms with Gasteiger partial charge < -0.3 is 10.2 Å². The quantitative estimate of drug-likeness (QED) is 0.675. The number of unbranched alkanes of at least 4 members (excludes halogenated alkanes) is 3. The lowest BCUT2D eigenvalue weighted by atomic mass is 10.2. The number of aliphatic hydroxyl groups is 2. The van der Waals surface area contributed by atoms with Gasteiger partial charge >= 0.3 is 0 Å². The van der Waals surface area contributed by atoms with Gasteiger partial charge in [-0.05, 0) is 20.8 Å². The molecule has 0 saturated heterocycles. The Bertz CT molecular complexity index is 47.3. The van der Waals surface area contributed by atoms with Crippen LogP contribution in [0.15, 0.2) is 0 Å². The van der Waals surface area contributed by atoms with Gasteiger partial charge in [-0.1, -0.05) is 39.5 Å². The molecule has 0 aliphatic rings. The van der Waals surface area contributed by atoms with Crippen molar-refractivity contribution in [1.29, 1.82) is 0 Å². The highest BCUT2D eigenvalue weighted by Crippen LogP contribution is 1.95. The normalized spacial score (nSPS) is 8.31. The van der Waals surface area contributed by atoms with Gasteiger partial charge in [0.15, 0.2) is 0 Å². The van der Waals surface area contributed by atoms with Crippen LogP contribution < -0.4 is 0 Å². The highest BCUT2D eigenvalue weighted by molar-refractivity contribution is 4.31. The Morgan fingerprint density at radius 2 is 1.08 bits per heavy atom. The Kier molecular flexibility index (Phi) is 32.5. The fraction of sp³-hybridized carbons (Fsp3) is 1.00. The van der Waals surface area contributed by atoms with Gasteiger partial charge in [0.1, 0.15) is 0 Å². The molecule has 0 amide bonds. The first kappa shape index (κ1) is 18.7. The maximum absolute atomic E-state index is 8.06. The Labute approximate surface area is 84.0 Å². The first-order chi connectivity index (χ1) is 6.06. The van der Waals surface area contributed by atoms with Crippen molar-refractivity contribution in [2.24, 2.45) is 0 Å². The summed E-state index contributed by atoms with van der Waals surface area (Å²) in [6.07, 6.45) is 5.37. The minimum Gasteiger partial charge on any atom is -0.397 e. The van der Waals surface area contributed by atoms with Gasteiger partial charge in [0.2, 0.25) is 0 Å². The molecule has 0 aliphatic carbocycles. The number of hydrogen-bond acceptors (Lipinski definition) is 2. The van der Waals surface area contributed by atoms with E-state index < -0.39 is 0 Å². The van der Waals surface area contributed by atoms with Crippen LogP contribution in [0.5, 0.6) is 0 Å². The zero-order valence-corrected chi connectivity index (χ0v) is 10.0. The molecule has 2 N–H and O–H groups in total. The van der Waals surface area contributed by atoms with Gasteiger partial charge in [-0.2, -0.15) is 0 Å². The van der Waals surface area contributed by atoms with Crippen LogP contribution in [0, 0.1) is 0 Å². The second kappa shape index (κ2) is 22.7. The van der Waals surface area contributed by atoms with Crippen molar-refractivity contribution in [1.82, 2.24) is 0 Å². The van der Waals surface area contributed by atoms with Crippen LogP contribution in [0.4, 0.5) is 0 Å². The molecule has 0 aliphatic heterocycles. The molecule has 0 radical (unpaired) electrons. The Hall–Kier alpha value is -0.0800. The molecular weight excluding hydrogens is 164 g/mol. The van der Waals surface area contributed by atoms with Gasteiger partial charge in [0.25, 0.3) is 0 Å². The largest absolute Gasteiger partial charge is 0.397 e. The third-order valence-corrected chi connectivity index (χ3v) is 0.957. The van der Waals surface area contributed by atoms with Gasteiger partial charge in [0, 0.05) is 12.7 Å². The van der Waals surface area contributed by atoms with Crippen LogP contribution in [-0.2, 0) is 0 Å². The maximum atomic E-state index is 8.06. The van der Waals surface area contributed by atoms with E-state index in [4.69, 9.17) is 10.2 Å². The van der Waals surface area contributed by atoms with Crippen molar-refractivity contribution in [2.75, 3.05) is 6.61 Å². The lowest BCUT2D eigenvalue weighted by Gasteiger charge is -1.86. The molecule has 0 spiro atoms. The van der Waals surface area contributed by atoms with Crippen molar-refractivity contribution < 1.29 is 10.2 Å². The molecule has 0 unspecified atom stereocenters. The summed E-state index contributed by atoms with van der Waals surface area (Å²) in [5.74, 6) is 0.